The van der Waals surface area contributed by atoms with Gasteiger partial charge < -0.3 is 11.1 Å². The number of nitrogens with zero attached hydrogens (tertiary/aromatic N) is 1. The first-order chi connectivity index (χ1) is 11.6. The van der Waals surface area contributed by atoms with Crippen LogP contribution in [-0.4, -0.2) is 51.4 Å². The van der Waals surface area contributed by atoms with E-state index in [9.17, 15) is 13.2 Å². The van der Waals surface area contributed by atoms with E-state index in [2.05, 4.69) is 17.1 Å². The van der Waals surface area contributed by atoms with Crippen molar-refractivity contribution >= 4 is 28.3 Å². The van der Waals surface area contributed by atoms with Gasteiger partial charge in [0.1, 0.15) is 0 Å². The molecule has 2 unspecified atom stereocenters. The minimum absolute atomic E-state index is 0. The summed E-state index contributed by atoms with van der Waals surface area (Å²) in [6.07, 6.45) is 1.64. The van der Waals surface area contributed by atoms with Crippen molar-refractivity contribution in [2.75, 3.05) is 26.2 Å². The first kappa shape index (κ1) is 22.9. The molecule has 2 rings (SSSR count). The number of hydrogen-bond donors (Lipinski definition) is 3. The minimum Gasteiger partial charge on any atom is -0.354 e. The lowest BCUT2D eigenvalue weighted by molar-refractivity contribution is -0.125. The van der Waals surface area contributed by atoms with E-state index < -0.39 is 10.0 Å². The summed E-state index contributed by atoms with van der Waals surface area (Å²) in [5.41, 5.74) is 6.85. The van der Waals surface area contributed by atoms with Crippen LogP contribution >= 0.6 is 12.4 Å². The van der Waals surface area contributed by atoms with Crippen LogP contribution in [-0.2, 0) is 21.2 Å². The average Bonchev–Trinajstić information content (AvgIpc) is 2.97. The molecule has 0 saturated carbocycles. The van der Waals surface area contributed by atoms with E-state index >= 15 is 0 Å². The van der Waals surface area contributed by atoms with Gasteiger partial charge in [-0.3, -0.25) is 9.69 Å². The van der Waals surface area contributed by atoms with Crippen molar-refractivity contribution in [2.45, 2.75) is 37.6 Å². The Labute approximate surface area is 162 Å². The minimum atomic E-state index is -3.67. The molecule has 26 heavy (non-hydrogen) atoms. The summed E-state index contributed by atoms with van der Waals surface area (Å²) in [5, 5.41) is 8.01. The second-order valence-electron chi connectivity index (χ2n) is 7.14. The molecule has 1 aromatic carbocycles. The maximum Gasteiger partial charge on any atom is 0.238 e. The molecule has 1 heterocycles. The van der Waals surface area contributed by atoms with E-state index in [1.165, 1.54) is 12.1 Å². The number of carbonyl (C=O) groups excluding carboxylic acids is 1. The van der Waals surface area contributed by atoms with Gasteiger partial charge >= 0.3 is 0 Å². The number of halogens is 1. The van der Waals surface area contributed by atoms with Gasteiger partial charge in [-0.25, -0.2) is 13.6 Å². The summed E-state index contributed by atoms with van der Waals surface area (Å²) in [5.74, 6) is 0.00225. The summed E-state index contributed by atoms with van der Waals surface area (Å²) in [6.45, 7) is 6.93. The highest BCUT2D eigenvalue weighted by Gasteiger charge is 2.36. The standard InChI is InChI=1S/C17H28N4O3S.ClH/c1-13(21-10-8-17(2,11-18)12-21)16(22)20-9-7-14-3-5-15(6-4-14)25(19,23)24;/h3-6,13H,7-12,18H2,1-2H3,(H,20,22)(H2,19,23,24);1H. The van der Waals surface area contributed by atoms with Crippen LogP contribution < -0.4 is 16.2 Å². The normalized spacial score (nSPS) is 21.8. The Kier molecular flexibility index (Phi) is 8.04. The topological polar surface area (TPSA) is 119 Å². The maximum atomic E-state index is 12.3. The summed E-state index contributed by atoms with van der Waals surface area (Å²) < 4.78 is 22.4. The molecule has 9 heteroatoms. The second kappa shape index (κ2) is 9.14. The van der Waals surface area contributed by atoms with Gasteiger partial charge in [0.05, 0.1) is 10.9 Å². The molecular weight excluding hydrogens is 376 g/mol. The zero-order chi connectivity index (χ0) is 18.7. The van der Waals surface area contributed by atoms with E-state index in [1.807, 2.05) is 6.92 Å². The Hall–Kier alpha value is -1.19. The van der Waals surface area contributed by atoms with Crippen LogP contribution in [0.1, 0.15) is 25.8 Å². The van der Waals surface area contributed by atoms with E-state index in [0.717, 1.165) is 25.1 Å². The van der Waals surface area contributed by atoms with Crippen molar-refractivity contribution in [3.8, 4) is 0 Å². The lowest BCUT2D eigenvalue weighted by atomic mass is 9.90. The smallest absolute Gasteiger partial charge is 0.238 e. The van der Waals surface area contributed by atoms with Crippen LogP contribution in [0.25, 0.3) is 0 Å². The zero-order valence-electron chi connectivity index (χ0n) is 15.3. The Bertz CT molecular complexity index is 711. The van der Waals surface area contributed by atoms with Gasteiger partial charge in [-0.2, -0.15) is 0 Å². The Morgan fingerprint density at radius 1 is 1.35 bits per heavy atom. The fraction of sp³-hybridized carbons (Fsp3) is 0.588. The Morgan fingerprint density at radius 2 is 1.96 bits per heavy atom. The maximum absolute atomic E-state index is 12.3. The van der Waals surface area contributed by atoms with Crippen molar-refractivity contribution in [2.24, 2.45) is 16.3 Å². The fourth-order valence-corrected chi connectivity index (χ4v) is 3.56. The third-order valence-corrected chi connectivity index (χ3v) is 5.90. The van der Waals surface area contributed by atoms with Crippen LogP contribution in [0.2, 0.25) is 0 Å². The van der Waals surface area contributed by atoms with E-state index in [1.54, 1.807) is 12.1 Å². The molecule has 7 nitrogen and oxygen atoms in total. The molecule has 1 amide bonds. The highest BCUT2D eigenvalue weighted by Crippen LogP contribution is 2.29. The number of nitrogens with two attached hydrogens (primary N) is 2. The van der Waals surface area contributed by atoms with Crippen molar-refractivity contribution in [3.05, 3.63) is 29.8 Å². The molecule has 0 spiro atoms. The molecular formula is C17H29ClN4O3S. The van der Waals surface area contributed by atoms with Crippen LogP contribution in [0.3, 0.4) is 0 Å². The molecule has 1 fully saturated rings. The number of benzene rings is 1. The molecule has 1 saturated heterocycles. The van der Waals surface area contributed by atoms with Gasteiger partial charge in [-0.05, 0) is 56.0 Å². The lowest BCUT2D eigenvalue weighted by Crippen LogP contribution is -2.45. The van der Waals surface area contributed by atoms with E-state index in [4.69, 9.17) is 10.9 Å². The Balaban J connectivity index is 0.00000338. The molecule has 0 aliphatic carbocycles. The van der Waals surface area contributed by atoms with E-state index in [-0.39, 0.29) is 34.7 Å². The van der Waals surface area contributed by atoms with Gasteiger partial charge in [-0.1, -0.05) is 19.1 Å². The number of rotatable bonds is 7. The molecule has 0 aromatic heterocycles. The molecule has 2 atom stereocenters. The van der Waals surface area contributed by atoms with Crippen LogP contribution in [0.15, 0.2) is 29.2 Å². The van der Waals surface area contributed by atoms with Gasteiger partial charge in [0.15, 0.2) is 0 Å². The number of likely N-dealkylation sites (tertiary alicyclic amines) is 1. The summed E-state index contributed by atoms with van der Waals surface area (Å²) in [6, 6.07) is 6.20. The predicted molar refractivity (Wildman–Crippen MR) is 105 cm³/mol. The van der Waals surface area contributed by atoms with Crippen molar-refractivity contribution < 1.29 is 13.2 Å². The SMILES string of the molecule is CC(C(=O)NCCc1ccc(S(N)(=O)=O)cc1)N1CCC(C)(CN)C1.Cl. The van der Waals surface area contributed by atoms with Crippen LogP contribution in [0.5, 0.6) is 0 Å². The van der Waals surface area contributed by atoms with Crippen molar-refractivity contribution in [3.63, 3.8) is 0 Å². The second-order valence-corrected chi connectivity index (χ2v) is 8.70. The van der Waals surface area contributed by atoms with Gasteiger partial charge in [0.25, 0.3) is 0 Å². The molecule has 1 aliphatic heterocycles. The molecule has 1 aromatic rings. The highest BCUT2D eigenvalue weighted by atomic mass is 35.5. The summed E-state index contributed by atoms with van der Waals surface area (Å²) in [4.78, 5) is 14.6. The average molecular weight is 405 g/mol. The predicted octanol–water partition coefficient (Wildman–Crippen LogP) is 0.474. The third kappa shape index (κ3) is 5.92. The Morgan fingerprint density at radius 3 is 2.46 bits per heavy atom. The lowest BCUT2D eigenvalue weighted by Gasteiger charge is -2.26. The first-order valence-electron chi connectivity index (χ1n) is 8.48. The first-order valence-corrected chi connectivity index (χ1v) is 10.0. The summed E-state index contributed by atoms with van der Waals surface area (Å²) >= 11 is 0. The number of carbonyl (C=O) groups is 1. The third-order valence-electron chi connectivity index (χ3n) is 4.97. The number of amides is 1. The number of nitrogens with one attached hydrogen (secondary N) is 1. The van der Waals surface area contributed by atoms with Crippen molar-refractivity contribution in [1.29, 1.82) is 0 Å². The quantitative estimate of drug-likeness (QED) is 0.610. The number of primary sulfonamides is 1. The largest absolute Gasteiger partial charge is 0.354 e. The number of sulfonamides is 1. The highest BCUT2D eigenvalue weighted by molar-refractivity contribution is 7.89. The molecule has 1 aliphatic rings. The summed E-state index contributed by atoms with van der Waals surface area (Å²) in [7, 11) is -3.67. The van der Waals surface area contributed by atoms with E-state index in [0.29, 0.717) is 19.5 Å². The zero-order valence-corrected chi connectivity index (χ0v) is 16.9. The molecule has 0 bridgehead atoms. The fourth-order valence-electron chi connectivity index (χ4n) is 3.05. The van der Waals surface area contributed by atoms with Crippen LogP contribution in [0.4, 0.5) is 0 Å². The van der Waals surface area contributed by atoms with Crippen molar-refractivity contribution in [1.82, 2.24) is 10.2 Å². The van der Waals surface area contributed by atoms with Gasteiger partial charge in [0, 0.05) is 13.1 Å². The van der Waals surface area contributed by atoms with Crippen LogP contribution in [0, 0.1) is 5.41 Å². The molecule has 5 N–H and O–H groups in total. The molecule has 0 radical (unpaired) electrons. The number of hydrogen-bond acceptors (Lipinski definition) is 5. The monoisotopic (exact) mass is 404 g/mol. The molecule has 148 valence electrons. The van der Waals surface area contributed by atoms with Gasteiger partial charge in [-0.15, -0.1) is 12.4 Å². The van der Waals surface area contributed by atoms with Gasteiger partial charge in [0.2, 0.25) is 15.9 Å².